The van der Waals surface area contributed by atoms with Gasteiger partial charge in [0.05, 0.1) is 0 Å². The average Bonchev–Trinajstić information content (AvgIpc) is 2.52. The molecule has 0 aliphatic carbocycles. The molecule has 0 saturated carbocycles. The van der Waals surface area contributed by atoms with Gasteiger partial charge in [0.25, 0.3) is 0 Å². The summed E-state index contributed by atoms with van der Waals surface area (Å²) in [6, 6.07) is 4.38. The molecule has 1 N–H and O–H groups in total. The van der Waals surface area contributed by atoms with E-state index in [1.165, 1.54) is 17.7 Å². The van der Waals surface area contributed by atoms with E-state index in [4.69, 9.17) is 0 Å². The van der Waals surface area contributed by atoms with Crippen LogP contribution in [0.2, 0.25) is 0 Å². The number of rotatable bonds is 5. The van der Waals surface area contributed by atoms with Gasteiger partial charge in [0.15, 0.2) is 0 Å². The Morgan fingerprint density at radius 2 is 1.88 bits per heavy atom. The van der Waals surface area contributed by atoms with Crippen molar-refractivity contribution in [3.8, 4) is 0 Å². The van der Waals surface area contributed by atoms with Crippen LogP contribution >= 0.6 is 11.3 Å². The molecule has 0 bridgehead atoms. The van der Waals surface area contributed by atoms with Gasteiger partial charge in [-0.3, -0.25) is 0 Å². The quantitative estimate of drug-likeness (QED) is 0.816. The minimum Gasteiger partial charge on any atom is -0.312 e. The van der Waals surface area contributed by atoms with Crippen molar-refractivity contribution in [3.05, 3.63) is 22.4 Å². The second-order valence-corrected chi connectivity index (χ2v) is 7.38. The summed E-state index contributed by atoms with van der Waals surface area (Å²) >= 11 is 1.87. The molecule has 92 valence electrons. The summed E-state index contributed by atoms with van der Waals surface area (Å²) in [4.78, 5) is 1.50. The van der Waals surface area contributed by atoms with Crippen LogP contribution in [0.3, 0.4) is 0 Å². The molecule has 0 atom stereocenters. The van der Waals surface area contributed by atoms with Crippen LogP contribution in [0.15, 0.2) is 17.5 Å². The number of hydrogen-bond donors (Lipinski definition) is 1. The Labute approximate surface area is 104 Å². The van der Waals surface area contributed by atoms with Crippen LogP contribution in [-0.2, 0) is 6.42 Å². The zero-order valence-corrected chi connectivity index (χ0v) is 12.1. The molecule has 1 rings (SSSR count). The molecule has 0 spiro atoms. The first-order chi connectivity index (χ1) is 7.29. The second-order valence-electron chi connectivity index (χ2n) is 6.35. The molecule has 2 heteroatoms. The topological polar surface area (TPSA) is 12.0 Å². The van der Waals surface area contributed by atoms with Crippen molar-refractivity contribution in [2.24, 2.45) is 5.41 Å². The van der Waals surface area contributed by atoms with E-state index in [1.807, 2.05) is 11.3 Å². The van der Waals surface area contributed by atoms with Crippen molar-refractivity contribution in [2.45, 2.75) is 53.0 Å². The first-order valence-corrected chi connectivity index (χ1v) is 6.94. The molecule has 0 radical (unpaired) electrons. The van der Waals surface area contributed by atoms with E-state index in [9.17, 15) is 0 Å². The Hall–Kier alpha value is -0.340. The lowest BCUT2D eigenvalue weighted by Crippen LogP contribution is -2.38. The van der Waals surface area contributed by atoms with Gasteiger partial charge in [-0.2, -0.15) is 0 Å². The molecule has 0 saturated heterocycles. The number of nitrogens with one attached hydrogen (secondary N) is 1. The summed E-state index contributed by atoms with van der Waals surface area (Å²) in [5.41, 5.74) is 0.627. The van der Waals surface area contributed by atoms with Gasteiger partial charge >= 0.3 is 0 Å². The summed E-state index contributed by atoms with van der Waals surface area (Å²) in [5, 5.41) is 5.73. The zero-order valence-electron chi connectivity index (χ0n) is 11.3. The largest absolute Gasteiger partial charge is 0.312 e. The second kappa shape index (κ2) is 5.33. The van der Waals surface area contributed by atoms with Gasteiger partial charge in [-0.05, 0) is 57.0 Å². The summed E-state index contributed by atoms with van der Waals surface area (Å²) < 4.78 is 0. The molecule has 0 amide bonds. The first-order valence-electron chi connectivity index (χ1n) is 6.06. The van der Waals surface area contributed by atoms with Crippen molar-refractivity contribution in [1.29, 1.82) is 0 Å². The molecule has 0 aliphatic rings. The van der Waals surface area contributed by atoms with Crippen molar-refractivity contribution in [2.75, 3.05) is 6.54 Å². The lowest BCUT2D eigenvalue weighted by Gasteiger charge is -2.27. The summed E-state index contributed by atoms with van der Waals surface area (Å²) in [7, 11) is 0. The Balaban J connectivity index is 2.34. The highest BCUT2D eigenvalue weighted by Gasteiger charge is 2.19. The highest BCUT2D eigenvalue weighted by molar-refractivity contribution is 7.09. The number of thiophene rings is 1. The van der Waals surface area contributed by atoms with E-state index in [-0.39, 0.29) is 5.54 Å². The van der Waals surface area contributed by atoms with Gasteiger partial charge in [0.1, 0.15) is 0 Å². The SMILES string of the molecule is CC(C)(CCNC(C)(C)C)Cc1cccs1. The predicted molar refractivity (Wildman–Crippen MR) is 74.2 cm³/mol. The normalized spacial score (nSPS) is 13.1. The molecule has 16 heavy (non-hydrogen) atoms. The molecule has 1 aromatic heterocycles. The smallest absolute Gasteiger partial charge is 0.00965 e. The summed E-state index contributed by atoms with van der Waals surface area (Å²) in [6.07, 6.45) is 2.42. The van der Waals surface area contributed by atoms with E-state index in [2.05, 4.69) is 57.4 Å². The maximum Gasteiger partial charge on any atom is 0.00965 e. The first kappa shape index (κ1) is 13.7. The zero-order chi connectivity index (χ0) is 12.2. The summed E-state index contributed by atoms with van der Waals surface area (Å²) in [6.45, 7) is 12.5. The molecule has 1 aromatic rings. The van der Waals surface area contributed by atoms with Crippen molar-refractivity contribution < 1.29 is 0 Å². The van der Waals surface area contributed by atoms with E-state index in [0.717, 1.165) is 6.54 Å². The van der Waals surface area contributed by atoms with E-state index >= 15 is 0 Å². The van der Waals surface area contributed by atoms with Crippen molar-refractivity contribution in [3.63, 3.8) is 0 Å². The fraction of sp³-hybridized carbons (Fsp3) is 0.714. The molecular weight excluding hydrogens is 214 g/mol. The van der Waals surface area contributed by atoms with Crippen LogP contribution in [0.25, 0.3) is 0 Å². The maximum absolute atomic E-state index is 3.56. The minimum atomic E-state index is 0.235. The van der Waals surface area contributed by atoms with Gasteiger partial charge < -0.3 is 5.32 Å². The Kier molecular flexibility index (Phi) is 4.57. The van der Waals surface area contributed by atoms with Gasteiger partial charge in [-0.25, -0.2) is 0 Å². The lowest BCUT2D eigenvalue weighted by molar-refractivity contribution is 0.304. The summed E-state index contributed by atoms with van der Waals surface area (Å²) in [5.74, 6) is 0. The standard InChI is InChI=1S/C14H25NS/c1-13(2,3)15-9-8-14(4,5)11-12-7-6-10-16-12/h6-7,10,15H,8-9,11H2,1-5H3. The third-order valence-corrected chi connectivity index (χ3v) is 3.57. The Bertz CT molecular complexity index is 293. The van der Waals surface area contributed by atoms with Gasteiger partial charge in [0, 0.05) is 10.4 Å². The number of hydrogen-bond acceptors (Lipinski definition) is 2. The monoisotopic (exact) mass is 239 g/mol. The fourth-order valence-corrected chi connectivity index (χ4v) is 2.71. The molecular formula is C14H25NS. The Morgan fingerprint density at radius 1 is 1.19 bits per heavy atom. The van der Waals surface area contributed by atoms with Crippen LogP contribution in [0.4, 0.5) is 0 Å². The molecule has 0 aliphatic heterocycles. The van der Waals surface area contributed by atoms with Gasteiger partial charge in [0.2, 0.25) is 0 Å². The highest BCUT2D eigenvalue weighted by Crippen LogP contribution is 2.27. The average molecular weight is 239 g/mol. The third kappa shape index (κ3) is 5.66. The van der Waals surface area contributed by atoms with Crippen LogP contribution in [0.5, 0.6) is 0 Å². The van der Waals surface area contributed by atoms with Crippen molar-refractivity contribution in [1.82, 2.24) is 5.32 Å². The Morgan fingerprint density at radius 3 is 2.38 bits per heavy atom. The molecule has 1 heterocycles. The molecule has 0 fully saturated rings. The highest BCUT2D eigenvalue weighted by atomic mass is 32.1. The van der Waals surface area contributed by atoms with Crippen LogP contribution in [0.1, 0.15) is 45.9 Å². The van der Waals surface area contributed by atoms with E-state index in [0.29, 0.717) is 5.41 Å². The maximum atomic E-state index is 3.56. The van der Waals surface area contributed by atoms with Crippen LogP contribution in [-0.4, -0.2) is 12.1 Å². The third-order valence-electron chi connectivity index (χ3n) is 2.69. The molecule has 1 nitrogen and oxygen atoms in total. The van der Waals surface area contributed by atoms with E-state index in [1.54, 1.807) is 0 Å². The van der Waals surface area contributed by atoms with Gasteiger partial charge in [-0.15, -0.1) is 11.3 Å². The van der Waals surface area contributed by atoms with Gasteiger partial charge in [-0.1, -0.05) is 19.9 Å². The molecule has 0 aromatic carbocycles. The van der Waals surface area contributed by atoms with Crippen LogP contribution in [0, 0.1) is 5.41 Å². The van der Waals surface area contributed by atoms with E-state index < -0.39 is 0 Å². The lowest BCUT2D eigenvalue weighted by atomic mass is 9.85. The van der Waals surface area contributed by atoms with Crippen LogP contribution < -0.4 is 5.32 Å². The predicted octanol–water partition coefficient (Wildman–Crippen LogP) is 4.10. The minimum absolute atomic E-state index is 0.235. The van der Waals surface area contributed by atoms with Crippen molar-refractivity contribution >= 4 is 11.3 Å². The fourth-order valence-electron chi connectivity index (χ4n) is 1.75. The molecule has 0 unspecified atom stereocenters.